The monoisotopic (exact) mass is 129 g/mol. The largest absolute Gasteiger partial charge is 0.367 e. The number of rotatable bonds is 2. The van der Waals surface area contributed by atoms with Crippen LogP contribution in [0.25, 0.3) is 0 Å². The molecule has 1 aliphatic rings. The maximum absolute atomic E-state index is 10.4. The van der Waals surface area contributed by atoms with Crippen LogP contribution in [0.4, 0.5) is 0 Å². The average Bonchev–Trinajstić information content (AvgIpc) is 2.39. The lowest BCUT2D eigenvalue weighted by Gasteiger charge is -1.80. The number of hydrogen-bond acceptors (Lipinski definition) is 3. The van der Waals surface area contributed by atoms with Crippen molar-refractivity contribution < 1.29 is 14.3 Å². The summed E-state index contributed by atoms with van der Waals surface area (Å²) >= 11 is 0. The van der Waals surface area contributed by atoms with Crippen LogP contribution < -0.4 is 5.73 Å². The van der Waals surface area contributed by atoms with Crippen molar-refractivity contribution in [1.29, 1.82) is 0 Å². The van der Waals surface area contributed by atoms with Crippen LogP contribution in [0.2, 0.25) is 0 Å². The first-order valence-corrected chi connectivity index (χ1v) is 2.58. The Bertz CT molecular complexity index is 148. The molecule has 0 saturated carbocycles. The molecule has 0 bridgehead atoms. The summed E-state index contributed by atoms with van der Waals surface area (Å²) in [5, 5.41) is 0. The molecule has 0 aromatic heterocycles. The molecule has 50 valence electrons. The van der Waals surface area contributed by atoms with Gasteiger partial charge in [-0.1, -0.05) is 0 Å². The van der Waals surface area contributed by atoms with Gasteiger partial charge >= 0.3 is 0 Å². The Balaban J connectivity index is 2.42. The number of ether oxygens (including phenoxy) is 1. The second-order valence-electron chi connectivity index (χ2n) is 1.99. The Morgan fingerprint density at radius 2 is 2.00 bits per heavy atom. The third kappa shape index (κ3) is 1.08. The first-order valence-electron chi connectivity index (χ1n) is 2.58. The van der Waals surface area contributed by atoms with Crippen molar-refractivity contribution >= 4 is 11.7 Å². The molecular weight excluding hydrogens is 122 g/mol. The molecule has 1 saturated heterocycles. The Labute approximate surface area is 52.0 Å². The molecule has 0 aliphatic carbocycles. The second-order valence-corrected chi connectivity index (χ2v) is 1.99. The Morgan fingerprint density at radius 1 is 1.44 bits per heavy atom. The predicted octanol–water partition coefficient (Wildman–Crippen LogP) is -1.17. The topological polar surface area (TPSA) is 72.7 Å². The van der Waals surface area contributed by atoms with E-state index >= 15 is 0 Å². The zero-order valence-electron chi connectivity index (χ0n) is 4.96. The highest BCUT2D eigenvalue weighted by Crippen LogP contribution is 2.21. The van der Waals surface area contributed by atoms with Crippen LogP contribution in [0.15, 0.2) is 0 Å². The zero-order chi connectivity index (χ0) is 7.02. The number of hydrogen-bond donors (Lipinski definition) is 1. The highest BCUT2D eigenvalue weighted by atomic mass is 16.6. The molecule has 2 atom stereocenters. The van der Waals surface area contributed by atoms with Gasteiger partial charge in [-0.2, -0.15) is 0 Å². The quantitative estimate of drug-likeness (QED) is 0.477. The summed E-state index contributed by atoms with van der Waals surface area (Å²) in [7, 11) is 0. The molecule has 0 aromatic rings. The normalized spacial score (nSPS) is 31.7. The number of Topliss-reactive ketones (excluding diaryl/α,β-unsaturated/α-hetero) is 1. The number of nitrogens with two attached hydrogens (primary N) is 1. The van der Waals surface area contributed by atoms with Gasteiger partial charge in [-0.3, -0.25) is 9.59 Å². The van der Waals surface area contributed by atoms with Gasteiger partial charge in [0.25, 0.3) is 0 Å². The summed E-state index contributed by atoms with van der Waals surface area (Å²) < 4.78 is 4.62. The number of epoxide rings is 1. The van der Waals surface area contributed by atoms with Crippen LogP contribution in [0.5, 0.6) is 0 Å². The van der Waals surface area contributed by atoms with Crippen molar-refractivity contribution in [2.75, 3.05) is 0 Å². The second kappa shape index (κ2) is 1.80. The maximum Gasteiger partial charge on any atom is 0.249 e. The minimum absolute atomic E-state index is 0.140. The summed E-state index contributed by atoms with van der Waals surface area (Å²) in [6.45, 7) is 1.37. The standard InChI is InChI=1S/C5H7NO3/c1-2(7)3-4(9-3)5(6)8/h3-4H,1H3,(H2,6,8). The first kappa shape index (κ1) is 6.22. The molecule has 4 heteroatoms. The van der Waals surface area contributed by atoms with Gasteiger partial charge in [0.05, 0.1) is 0 Å². The van der Waals surface area contributed by atoms with Gasteiger partial charge in [0.15, 0.2) is 18.0 Å². The molecule has 0 radical (unpaired) electrons. The summed E-state index contributed by atoms with van der Waals surface area (Å²) in [5.41, 5.74) is 4.81. The SMILES string of the molecule is CC(=O)C1OC1C(N)=O. The van der Waals surface area contributed by atoms with Gasteiger partial charge in [-0.15, -0.1) is 0 Å². The lowest BCUT2D eigenvalue weighted by molar-refractivity contribution is -0.120. The third-order valence-electron chi connectivity index (χ3n) is 1.17. The molecule has 2 N–H and O–H groups in total. The maximum atomic E-state index is 10.4. The van der Waals surface area contributed by atoms with Crippen LogP contribution >= 0.6 is 0 Å². The van der Waals surface area contributed by atoms with E-state index < -0.39 is 18.1 Å². The van der Waals surface area contributed by atoms with E-state index in [4.69, 9.17) is 5.73 Å². The summed E-state index contributed by atoms with van der Waals surface area (Å²) in [6, 6.07) is 0. The van der Waals surface area contributed by atoms with Gasteiger partial charge in [0, 0.05) is 0 Å². The molecule has 0 spiro atoms. The lowest BCUT2D eigenvalue weighted by atomic mass is 10.2. The molecule has 1 rings (SSSR count). The Kier molecular flexibility index (Phi) is 1.25. The van der Waals surface area contributed by atoms with Crippen LogP contribution in [0.3, 0.4) is 0 Å². The molecule has 1 amide bonds. The predicted molar refractivity (Wildman–Crippen MR) is 28.5 cm³/mol. The number of carbonyl (C=O) groups excluding carboxylic acids is 2. The van der Waals surface area contributed by atoms with Gasteiger partial charge in [0.1, 0.15) is 0 Å². The molecule has 1 aliphatic heterocycles. The van der Waals surface area contributed by atoms with Gasteiger partial charge in [-0.25, -0.2) is 0 Å². The number of carbonyl (C=O) groups is 2. The number of primary amides is 1. The van der Waals surface area contributed by atoms with E-state index in [1.165, 1.54) is 6.92 Å². The highest BCUT2D eigenvalue weighted by molar-refractivity contribution is 5.94. The molecule has 9 heavy (non-hydrogen) atoms. The van der Waals surface area contributed by atoms with Crippen LogP contribution in [0, 0.1) is 0 Å². The van der Waals surface area contributed by atoms with E-state index in [-0.39, 0.29) is 5.78 Å². The summed E-state index contributed by atoms with van der Waals surface area (Å²) in [6.07, 6.45) is -1.20. The van der Waals surface area contributed by atoms with Crippen molar-refractivity contribution in [3.05, 3.63) is 0 Å². The summed E-state index contributed by atoms with van der Waals surface area (Å²) in [5.74, 6) is -0.700. The van der Waals surface area contributed by atoms with Gasteiger partial charge in [0.2, 0.25) is 5.91 Å². The number of ketones is 1. The zero-order valence-corrected chi connectivity index (χ0v) is 4.96. The average molecular weight is 129 g/mol. The molecule has 2 unspecified atom stereocenters. The molecular formula is C5H7NO3. The molecule has 0 aromatic carbocycles. The van der Waals surface area contributed by atoms with Crippen molar-refractivity contribution in [2.24, 2.45) is 5.73 Å². The van der Waals surface area contributed by atoms with E-state index in [0.717, 1.165) is 0 Å². The lowest BCUT2D eigenvalue weighted by Crippen LogP contribution is -2.21. The van der Waals surface area contributed by atoms with Crippen molar-refractivity contribution in [3.63, 3.8) is 0 Å². The smallest absolute Gasteiger partial charge is 0.249 e. The Hall–Kier alpha value is -0.900. The van der Waals surface area contributed by atoms with Crippen molar-refractivity contribution in [1.82, 2.24) is 0 Å². The van der Waals surface area contributed by atoms with E-state index in [9.17, 15) is 9.59 Å². The van der Waals surface area contributed by atoms with Gasteiger partial charge in [-0.05, 0) is 6.92 Å². The highest BCUT2D eigenvalue weighted by Gasteiger charge is 2.46. The fraction of sp³-hybridized carbons (Fsp3) is 0.600. The number of amides is 1. The van der Waals surface area contributed by atoms with Gasteiger partial charge < -0.3 is 10.5 Å². The molecule has 4 nitrogen and oxygen atoms in total. The fourth-order valence-corrected chi connectivity index (χ4v) is 0.638. The Morgan fingerprint density at radius 3 is 2.11 bits per heavy atom. The van der Waals surface area contributed by atoms with E-state index in [1.807, 2.05) is 0 Å². The van der Waals surface area contributed by atoms with Crippen LogP contribution in [-0.4, -0.2) is 23.9 Å². The molecule has 1 heterocycles. The van der Waals surface area contributed by atoms with Crippen LogP contribution in [-0.2, 0) is 14.3 Å². The minimum atomic E-state index is -0.650. The third-order valence-corrected chi connectivity index (χ3v) is 1.17. The van der Waals surface area contributed by atoms with Crippen LogP contribution in [0.1, 0.15) is 6.92 Å². The van der Waals surface area contributed by atoms with E-state index in [1.54, 1.807) is 0 Å². The summed E-state index contributed by atoms with van der Waals surface area (Å²) in [4.78, 5) is 20.6. The minimum Gasteiger partial charge on any atom is -0.367 e. The van der Waals surface area contributed by atoms with E-state index in [2.05, 4.69) is 4.74 Å². The van der Waals surface area contributed by atoms with E-state index in [0.29, 0.717) is 0 Å². The van der Waals surface area contributed by atoms with Crippen molar-refractivity contribution in [2.45, 2.75) is 19.1 Å². The van der Waals surface area contributed by atoms with Crippen molar-refractivity contribution in [3.8, 4) is 0 Å². The molecule has 1 fully saturated rings. The first-order chi connectivity index (χ1) is 4.13. The fourth-order valence-electron chi connectivity index (χ4n) is 0.638.